The van der Waals surface area contributed by atoms with Gasteiger partial charge < -0.3 is 20.7 Å². The lowest BCUT2D eigenvalue weighted by atomic mass is 10.1. The number of hydrogen-bond acceptors (Lipinski definition) is 4. The summed E-state index contributed by atoms with van der Waals surface area (Å²) in [7, 11) is 1.66. The van der Waals surface area contributed by atoms with E-state index >= 15 is 0 Å². The fourth-order valence-corrected chi connectivity index (χ4v) is 3.04. The number of nitrogens with zero attached hydrogens (tertiary/aromatic N) is 1. The molecule has 0 aliphatic rings. The SMILES string of the molecule is COc1cc(NC(C)CCCNC(=O)Nc2ccccc2)c2ncccc2c1. The first-order valence-corrected chi connectivity index (χ1v) is 9.45. The third kappa shape index (κ3) is 5.36. The van der Waals surface area contributed by atoms with Crippen LogP contribution in [-0.2, 0) is 0 Å². The van der Waals surface area contributed by atoms with E-state index in [4.69, 9.17) is 4.74 Å². The molecule has 2 amide bonds. The number of para-hydroxylation sites is 1. The van der Waals surface area contributed by atoms with Gasteiger partial charge in [-0.1, -0.05) is 24.3 Å². The van der Waals surface area contributed by atoms with E-state index in [1.54, 1.807) is 13.3 Å². The zero-order valence-corrected chi connectivity index (χ0v) is 16.2. The summed E-state index contributed by atoms with van der Waals surface area (Å²) in [6.07, 6.45) is 3.57. The van der Waals surface area contributed by atoms with Crippen LogP contribution in [0.5, 0.6) is 5.75 Å². The first-order chi connectivity index (χ1) is 13.7. The predicted octanol–water partition coefficient (Wildman–Crippen LogP) is 4.65. The Labute approximate surface area is 165 Å². The summed E-state index contributed by atoms with van der Waals surface area (Å²) in [6, 6.07) is 17.3. The van der Waals surface area contributed by atoms with E-state index in [-0.39, 0.29) is 12.1 Å². The number of anilines is 2. The van der Waals surface area contributed by atoms with Gasteiger partial charge >= 0.3 is 6.03 Å². The second-order valence-corrected chi connectivity index (χ2v) is 6.68. The second kappa shape index (κ2) is 9.60. The minimum Gasteiger partial charge on any atom is -0.497 e. The van der Waals surface area contributed by atoms with Crippen molar-refractivity contribution < 1.29 is 9.53 Å². The molecule has 1 unspecified atom stereocenters. The smallest absolute Gasteiger partial charge is 0.319 e. The van der Waals surface area contributed by atoms with E-state index in [1.807, 2.05) is 54.6 Å². The number of aromatic nitrogens is 1. The van der Waals surface area contributed by atoms with E-state index in [9.17, 15) is 4.79 Å². The molecule has 28 heavy (non-hydrogen) atoms. The molecular formula is C22H26N4O2. The molecule has 0 bridgehead atoms. The summed E-state index contributed by atoms with van der Waals surface area (Å²) in [4.78, 5) is 16.4. The molecule has 0 aliphatic carbocycles. The summed E-state index contributed by atoms with van der Waals surface area (Å²) in [6.45, 7) is 2.74. The lowest BCUT2D eigenvalue weighted by molar-refractivity contribution is 0.252. The van der Waals surface area contributed by atoms with Crippen molar-refractivity contribution in [3.05, 3.63) is 60.8 Å². The number of methoxy groups -OCH3 is 1. The summed E-state index contributed by atoms with van der Waals surface area (Å²) in [5.41, 5.74) is 2.67. The highest BCUT2D eigenvalue weighted by Gasteiger charge is 2.09. The number of rotatable bonds is 8. The van der Waals surface area contributed by atoms with Crippen LogP contribution in [0, 0.1) is 0 Å². The van der Waals surface area contributed by atoms with Gasteiger partial charge in [0.1, 0.15) is 5.75 Å². The molecule has 146 valence electrons. The molecule has 3 aromatic rings. The third-order valence-electron chi connectivity index (χ3n) is 4.45. The van der Waals surface area contributed by atoms with Crippen LogP contribution in [0.3, 0.4) is 0 Å². The van der Waals surface area contributed by atoms with Crippen molar-refractivity contribution in [3.8, 4) is 5.75 Å². The van der Waals surface area contributed by atoms with Crippen molar-refractivity contribution in [1.82, 2.24) is 10.3 Å². The fourth-order valence-electron chi connectivity index (χ4n) is 3.04. The maximum absolute atomic E-state index is 11.9. The third-order valence-corrected chi connectivity index (χ3v) is 4.45. The summed E-state index contributed by atoms with van der Waals surface area (Å²) < 4.78 is 5.40. The molecule has 0 saturated heterocycles. The Hall–Kier alpha value is -3.28. The molecule has 6 nitrogen and oxygen atoms in total. The van der Waals surface area contributed by atoms with Crippen LogP contribution < -0.4 is 20.7 Å². The first kappa shape index (κ1) is 19.5. The van der Waals surface area contributed by atoms with Crippen LogP contribution in [0.2, 0.25) is 0 Å². The van der Waals surface area contributed by atoms with Gasteiger partial charge in [0.2, 0.25) is 0 Å². The number of benzene rings is 2. The number of ether oxygens (including phenoxy) is 1. The summed E-state index contributed by atoms with van der Waals surface area (Å²) in [5.74, 6) is 0.800. The number of nitrogens with one attached hydrogen (secondary N) is 3. The fraction of sp³-hybridized carbons (Fsp3) is 0.273. The Morgan fingerprint density at radius 2 is 1.96 bits per heavy atom. The maximum atomic E-state index is 11.9. The Balaban J connectivity index is 1.47. The zero-order chi connectivity index (χ0) is 19.8. The van der Waals surface area contributed by atoms with Gasteiger partial charge in [0.15, 0.2) is 0 Å². The predicted molar refractivity (Wildman–Crippen MR) is 114 cm³/mol. The highest BCUT2D eigenvalue weighted by atomic mass is 16.5. The lowest BCUT2D eigenvalue weighted by Gasteiger charge is -2.17. The summed E-state index contributed by atoms with van der Waals surface area (Å²) >= 11 is 0. The van der Waals surface area contributed by atoms with E-state index in [1.165, 1.54) is 0 Å². The van der Waals surface area contributed by atoms with Crippen molar-refractivity contribution in [1.29, 1.82) is 0 Å². The van der Waals surface area contributed by atoms with Crippen LogP contribution >= 0.6 is 0 Å². The molecule has 0 saturated carbocycles. The summed E-state index contributed by atoms with van der Waals surface area (Å²) in [5, 5.41) is 10.3. The minimum absolute atomic E-state index is 0.185. The molecule has 1 aromatic heterocycles. The molecular weight excluding hydrogens is 352 g/mol. The molecule has 3 N–H and O–H groups in total. The molecule has 2 aromatic carbocycles. The number of carbonyl (C=O) groups excluding carboxylic acids is 1. The molecule has 0 radical (unpaired) electrons. The molecule has 0 aliphatic heterocycles. The normalized spacial score (nSPS) is 11.6. The van der Waals surface area contributed by atoms with Crippen molar-refractivity contribution in [2.75, 3.05) is 24.3 Å². The number of amides is 2. The minimum atomic E-state index is -0.185. The van der Waals surface area contributed by atoms with Gasteiger partial charge in [0.05, 0.1) is 18.3 Å². The largest absolute Gasteiger partial charge is 0.497 e. The van der Waals surface area contributed by atoms with E-state index in [0.717, 1.165) is 40.9 Å². The molecule has 3 rings (SSSR count). The van der Waals surface area contributed by atoms with Gasteiger partial charge in [-0.15, -0.1) is 0 Å². The Bertz CT molecular complexity index is 915. The van der Waals surface area contributed by atoms with E-state index in [2.05, 4.69) is 27.9 Å². The van der Waals surface area contributed by atoms with Crippen molar-refractivity contribution in [2.45, 2.75) is 25.8 Å². The highest BCUT2D eigenvalue weighted by Crippen LogP contribution is 2.28. The number of hydrogen-bond donors (Lipinski definition) is 3. The standard InChI is InChI=1S/C22H26N4O2/c1-16(8-6-13-24-22(27)26-18-10-4-3-5-11-18)25-20-15-19(28-2)14-17-9-7-12-23-21(17)20/h3-5,7,9-12,14-16,25H,6,8,13H2,1-2H3,(H2,24,26,27). The van der Waals surface area contributed by atoms with Gasteiger partial charge in [-0.2, -0.15) is 0 Å². The molecule has 6 heteroatoms. The van der Waals surface area contributed by atoms with Gasteiger partial charge in [0.25, 0.3) is 0 Å². The Morgan fingerprint density at radius 1 is 1.14 bits per heavy atom. The van der Waals surface area contributed by atoms with Crippen molar-refractivity contribution in [2.24, 2.45) is 0 Å². The quantitative estimate of drug-likeness (QED) is 0.499. The second-order valence-electron chi connectivity index (χ2n) is 6.68. The van der Waals surface area contributed by atoms with Crippen LogP contribution in [0.15, 0.2) is 60.8 Å². The van der Waals surface area contributed by atoms with E-state index in [0.29, 0.717) is 6.54 Å². The van der Waals surface area contributed by atoms with Crippen LogP contribution in [-0.4, -0.2) is 30.7 Å². The highest BCUT2D eigenvalue weighted by molar-refractivity contribution is 5.92. The van der Waals surface area contributed by atoms with E-state index < -0.39 is 0 Å². The molecule has 0 spiro atoms. The van der Waals surface area contributed by atoms with Crippen LogP contribution in [0.4, 0.5) is 16.2 Å². The van der Waals surface area contributed by atoms with Crippen molar-refractivity contribution >= 4 is 28.3 Å². The van der Waals surface area contributed by atoms with Crippen LogP contribution in [0.1, 0.15) is 19.8 Å². The molecule has 1 atom stereocenters. The van der Waals surface area contributed by atoms with Gasteiger partial charge in [0, 0.05) is 35.9 Å². The maximum Gasteiger partial charge on any atom is 0.319 e. The average molecular weight is 378 g/mol. The lowest BCUT2D eigenvalue weighted by Crippen LogP contribution is -2.30. The molecule has 1 heterocycles. The Kier molecular flexibility index (Phi) is 6.68. The van der Waals surface area contributed by atoms with Gasteiger partial charge in [-0.05, 0) is 44.0 Å². The monoisotopic (exact) mass is 378 g/mol. The Morgan fingerprint density at radius 3 is 2.75 bits per heavy atom. The van der Waals surface area contributed by atoms with Gasteiger partial charge in [-0.25, -0.2) is 4.79 Å². The molecule has 0 fully saturated rings. The van der Waals surface area contributed by atoms with Crippen LogP contribution in [0.25, 0.3) is 10.9 Å². The number of fused-ring (bicyclic) bond motifs is 1. The number of carbonyl (C=O) groups is 1. The van der Waals surface area contributed by atoms with Gasteiger partial charge in [-0.3, -0.25) is 4.98 Å². The number of pyridine rings is 1. The zero-order valence-electron chi connectivity index (χ0n) is 16.2. The number of urea groups is 1. The average Bonchev–Trinajstić information content (AvgIpc) is 2.72. The van der Waals surface area contributed by atoms with Crippen molar-refractivity contribution in [3.63, 3.8) is 0 Å². The first-order valence-electron chi connectivity index (χ1n) is 9.45. The topological polar surface area (TPSA) is 75.3 Å².